The summed E-state index contributed by atoms with van der Waals surface area (Å²) in [5.74, 6) is 0. The Labute approximate surface area is 50.2 Å². The zero-order valence-corrected chi connectivity index (χ0v) is 5.39. The quantitative estimate of drug-likeness (QED) is 0.478. The SMILES string of the molecule is CN(C)C1=C[N]CC1. The molecule has 0 spiro atoms. The fourth-order valence-electron chi connectivity index (χ4n) is 0.753. The summed E-state index contributed by atoms with van der Waals surface area (Å²) in [5.41, 5.74) is 1.34. The van der Waals surface area contributed by atoms with E-state index in [1.165, 1.54) is 5.70 Å². The third-order valence-electron chi connectivity index (χ3n) is 1.31. The van der Waals surface area contributed by atoms with Gasteiger partial charge in [-0.15, -0.1) is 0 Å². The van der Waals surface area contributed by atoms with Gasteiger partial charge in [0.25, 0.3) is 0 Å². The van der Waals surface area contributed by atoms with E-state index in [1.807, 2.05) is 20.3 Å². The molecule has 0 aromatic heterocycles. The van der Waals surface area contributed by atoms with Crippen molar-refractivity contribution in [1.29, 1.82) is 0 Å². The molecule has 2 heteroatoms. The van der Waals surface area contributed by atoms with Crippen LogP contribution in [0.1, 0.15) is 6.42 Å². The Morgan fingerprint density at radius 3 is 2.62 bits per heavy atom. The molecular formula is C6H11N2. The summed E-state index contributed by atoms with van der Waals surface area (Å²) in [6.45, 7) is 0.980. The Morgan fingerprint density at radius 2 is 2.38 bits per heavy atom. The van der Waals surface area contributed by atoms with Gasteiger partial charge >= 0.3 is 0 Å². The highest BCUT2D eigenvalue weighted by Crippen LogP contribution is 2.07. The monoisotopic (exact) mass is 111 g/mol. The van der Waals surface area contributed by atoms with E-state index in [0.29, 0.717) is 0 Å². The Balaban J connectivity index is 2.45. The summed E-state index contributed by atoms with van der Waals surface area (Å²) < 4.78 is 0. The van der Waals surface area contributed by atoms with Crippen LogP contribution in [0.4, 0.5) is 0 Å². The summed E-state index contributed by atoms with van der Waals surface area (Å²) in [6.07, 6.45) is 3.06. The first-order valence-electron chi connectivity index (χ1n) is 2.83. The second kappa shape index (κ2) is 2.07. The molecule has 1 heterocycles. The van der Waals surface area contributed by atoms with Crippen LogP contribution in [-0.2, 0) is 0 Å². The largest absolute Gasteiger partial charge is 0.380 e. The molecule has 0 aliphatic carbocycles. The maximum absolute atomic E-state index is 4.08. The van der Waals surface area contributed by atoms with E-state index < -0.39 is 0 Å². The highest BCUT2D eigenvalue weighted by Gasteiger charge is 2.04. The maximum Gasteiger partial charge on any atom is 0.0445 e. The number of hydrogen-bond donors (Lipinski definition) is 0. The van der Waals surface area contributed by atoms with E-state index in [-0.39, 0.29) is 0 Å². The van der Waals surface area contributed by atoms with Crippen LogP contribution >= 0.6 is 0 Å². The van der Waals surface area contributed by atoms with Crippen molar-refractivity contribution >= 4 is 0 Å². The normalized spacial score (nSPS) is 17.5. The van der Waals surface area contributed by atoms with E-state index in [1.54, 1.807) is 0 Å². The summed E-state index contributed by atoms with van der Waals surface area (Å²) in [4.78, 5) is 2.11. The molecule has 0 N–H and O–H groups in total. The molecule has 2 nitrogen and oxygen atoms in total. The predicted octanol–water partition coefficient (Wildman–Crippen LogP) is 0.398. The third-order valence-corrected chi connectivity index (χ3v) is 1.31. The first-order valence-corrected chi connectivity index (χ1v) is 2.83. The lowest BCUT2D eigenvalue weighted by Crippen LogP contribution is -2.08. The topological polar surface area (TPSA) is 17.3 Å². The van der Waals surface area contributed by atoms with Gasteiger partial charge < -0.3 is 4.90 Å². The molecule has 0 saturated heterocycles. The highest BCUT2D eigenvalue weighted by molar-refractivity contribution is 5.03. The van der Waals surface area contributed by atoms with Crippen LogP contribution in [0.3, 0.4) is 0 Å². The first-order chi connectivity index (χ1) is 3.80. The Hall–Kier alpha value is -0.660. The molecule has 0 fully saturated rings. The second-order valence-electron chi connectivity index (χ2n) is 2.17. The fraction of sp³-hybridized carbons (Fsp3) is 0.667. The molecule has 1 aliphatic rings. The van der Waals surface area contributed by atoms with Crippen molar-refractivity contribution in [1.82, 2.24) is 10.2 Å². The molecule has 0 saturated carbocycles. The Bertz CT molecular complexity index is 105. The molecule has 0 atom stereocenters. The van der Waals surface area contributed by atoms with E-state index in [2.05, 4.69) is 10.2 Å². The molecule has 1 aliphatic heterocycles. The Morgan fingerprint density at radius 1 is 1.62 bits per heavy atom. The van der Waals surface area contributed by atoms with Gasteiger partial charge in [0.2, 0.25) is 0 Å². The van der Waals surface area contributed by atoms with Crippen molar-refractivity contribution in [2.75, 3.05) is 20.6 Å². The standard InChI is InChI=1S/C6H11N2/c1-8(2)6-3-4-7-5-6/h5H,3-4H2,1-2H3. The van der Waals surface area contributed by atoms with E-state index >= 15 is 0 Å². The molecule has 1 rings (SSSR count). The van der Waals surface area contributed by atoms with Crippen LogP contribution in [0.5, 0.6) is 0 Å². The van der Waals surface area contributed by atoms with Crippen molar-refractivity contribution in [2.45, 2.75) is 6.42 Å². The minimum atomic E-state index is 0.980. The predicted molar refractivity (Wildman–Crippen MR) is 33.4 cm³/mol. The summed E-state index contributed by atoms with van der Waals surface area (Å²) in [6, 6.07) is 0. The van der Waals surface area contributed by atoms with Crippen LogP contribution in [0.15, 0.2) is 11.9 Å². The minimum absolute atomic E-state index is 0.980. The average Bonchev–Trinajstić information content (AvgIpc) is 2.12. The van der Waals surface area contributed by atoms with Crippen molar-refractivity contribution in [3.63, 3.8) is 0 Å². The number of nitrogens with zero attached hydrogens (tertiary/aromatic N) is 2. The summed E-state index contributed by atoms with van der Waals surface area (Å²) in [5, 5.41) is 4.08. The zero-order valence-electron chi connectivity index (χ0n) is 5.39. The molecule has 0 unspecified atom stereocenters. The van der Waals surface area contributed by atoms with Crippen LogP contribution in [0.2, 0.25) is 0 Å². The van der Waals surface area contributed by atoms with Crippen LogP contribution in [0.25, 0.3) is 0 Å². The lowest BCUT2D eigenvalue weighted by atomic mass is 10.4. The Kier molecular flexibility index (Phi) is 1.42. The fourth-order valence-corrected chi connectivity index (χ4v) is 0.753. The van der Waals surface area contributed by atoms with Crippen molar-refractivity contribution in [3.05, 3.63) is 11.9 Å². The maximum atomic E-state index is 4.08. The van der Waals surface area contributed by atoms with Gasteiger partial charge in [0.1, 0.15) is 0 Å². The van der Waals surface area contributed by atoms with Gasteiger partial charge in [-0.2, -0.15) is 0 Å². The van der Waals surface area contributed by atoms with E-state index in [9.17, 15) is 0 Å². The molecule has 0 amide bonds. The molecule has 0 bridgehead atoms. The summed E-state index contributed by atoms with van der Waals surface area (Å²) >= 11 is 0. The van der Waals surface area contributed by atoms with Gasteiger partial charge in [0.05, 0.1) is 0 Å². The number of hydrogen-bond acceptors (Lipinski definition) is 1. The van der Waals surface area contributed by atoms with Gasteiger partial charge in [0, 0.05) is 39.0 Å². The average molecular weight is 111 g/mol. The van der Waals surface area contributed by atoms with Crippen molar-refractivity contribution < 1.29 is 0 Å². The van der Waals surface area contributed by atoms with Gasteiger partial charge in [0.15, 0.2) is 0 Å². The van der Waals surface area contributed by atoms with Crippen molar-refractivity contribution in [2.24, 2.45) is 0 Å². The van der Waals surface area contributed by atoms with Crippen LogP contribution in [0, 0.1) is 0 Å². The molecule has 0 aromatic carbocycles. The molecule has 1 radical (unpaired) electrons. The van der Waals surface area contributed by atoms with Gasteiger partial charge in [-0.25, -0.2) is 0 Å². The summed E-state index contributed by atoms with van der Waals surface area (Å²) in [7, 11) is 4.10. The zero-order chi connectivity index (χ0) is 5.98. The second-order valence-corrected chi connectivity index (χ2v) is 2.17. The molecule has 8 heavy (non-hydrogen) atoms. The smallest absolute Gasteiger partial charge is 0.0445 e. The third kappa shape index (κ3) is 0.941. The highest BCUT2D eigenvalue weighted by atomic mass is 15.1. The lowest BCUT2D eigenvalue weighted by Gasteiger charge is -2.10. The molecular weight excluding hydrogens is 100 g/mol. The first kappa shape index (κ1) is 5.48. The molecule has 45 valence electrons. The van der Waals surface area contributed by atoms with Crippen LogP contribution in [-0.4, -0.2) is 25.5 Å². The van der Waals surface area contributed by atoms with Crippen LogP contribution < -0.4 is 5.32 Å². The van der Waals surface area contributed by atoms with Crippen molar-refractivity contribution in [3.8, 4) is 0 Å². The van der Waals surface area contributed by atoms with Gasteiger partial charge in [-0.1, -0.05) is 0 Å². The molecule has 0 aromatic rings. The van der Waals surface area contributed by atoms with E-state index in [4.69, 9.17) is 0 Å². The van der Waals surface area contributed by atoms with E-state index in [0.717, 1.165) is 13.0 Å². The van der Waals surface area contributed by atoms with Gasteiger partial charge in [-0.3, -0.25) is 5.32 Å². The lowest BCUT2D eigenvalue weighted by molar-refractivity contribution is 0.499. The minimum Gasteiger partial charge on any atom is -0.380 e. The van der Waals surface area contributed by atoms with Gasteiger partial charge in [-0.05, 0) is 0 Å². The number of rotatable bonds is 1.